The number of amides is 1. The third-order valence-electron chi connectivity index (χ3n) is 2.66. The normalized spacial score (nSPS) is 9.35. The molecule has 0 unspecified atom stereocenters. The summed E-state index contributed by atoms with van der Waals surface area (Å²) in [6.45, 7) is 2.43. The van der Waals surface area contributed by atoms with E-state index in [0.717, 1.165) is 11.1 Å². The van der Waals surface area contributed by atoms with E-state index in [1.807, 2.05) is 6.92 Å². The van der Waals surface area contributed by atoms with E-state index < -0.39 is 0 Å². The molecular weight excluding hydrogens is 256 g/mol. The molecule has 0 aromatic heterocycles. The second-order valence-corrected chi connectivity index (χ2v) is 4.12. The first-order chi connectivity index (χ1) is 9.58. The summed E-state index contributed by atoms with van der Waals surface area (Å²) in [6, 6.07) is 5.24. The maximum atomic E-state index is 11.9. The lowest BCUT2D eigenvalue weighted by Crippen LogP contribution is -2.26. The highest BCUT2D eigenvalue weighted by molar-refractivity contribution is 5.94. The highest BCUT2D eigenvalue weighted by Crippen LogP contribution is 2.10. The molecule has 1 aromatic rings. The molecule has 0 radical (unpaired) electrons. The average Bonchev–Trinajstić information content (AvgIpc) is 2.45. The second kappa shape index (κ2) is 7.97. The zero-order chi connectivity index (χ0) is 15.0. The summed E-state index contributed by atoms with van der Waals surface area (Å²) in [5.41, 5.74) is 7.61. The van der Waals surface area contributed by atoms with Crippen molar-refractivity contribution < 1.29 is 14.3 Å². The number of hydrogen-bond acceptors (Lipinski definition) is 4. The van der Waals surface area contributed by atoms with Gasteiger partial charge in [0.05, 0.1) is 20.1 Å². The predicted octanol–water partition coefficient (Wildman–Crippen LogP) is 0.598. The highest BCUT2D eigenvalue weighted by atomic mass is 16.5. The molecule has 5 nitrogen and oxygen atoms in total. The van der Waals surface area contributed by atoms with Crippen LogP contribution in [0.25, 0.3) is 0 Å². The third-order valence-corrected chi connectivity index (χ3v) is 2.66. The van der Waals surface area contributed by atoms with Gasteiger partial charge >= 0.3 is 5.97 Å². The van der Waals surface area contributed by atoms with E-state index in [1.54, 1.807) is 18.2 Å². The third kappa shape index (κ3) is 4.75. The van der Waals surface area contributed by atoms with Crippen LogP contribution < -0.4 is 11.1 Å². The topological polar surface area (TPSA) is 81.4 Å². The van der Waals surface area contributed by atoms with Gasteiger partial charge in [-0.2, -0.15) is 0 Å². The van der Waals surface area contributed by atoms with Crippen molar-refractivity contribution in [3.8, 4) is 11.8 Å². The Morgan fingerprint density at radius 1 is 1.40 bits per heavy atom. The van der Waals surface area contributed by atoms with Crippen molar-refractivity contribution in [3.05, 3.63) is 34.9 Å². The van der Waals surface area contributed by atoms with E-state index in [2.05, 4.69) is 21.9 Å². The second-order valence-electron chi connectivity index (χ2n) is 4.12. The number of esters is 1. The van der Waals surface area contributed by atoms with Gasteiger partial charge in [0.2, 0.25) is 0 Å². The Morgan fingerprint density at radius 3 is 2.75 bits per heavy atom. The minimum atomic E-state index is -0.353. The van der Waals surface area contributed by atoms with Crippen molar-refractivity contribution in [1.82, 2.24) is 5.32 Å². The molecule has 0 fully saturated rings. The van der Waals surface area contributed by atoms with Gasteiger partial charge in [-0.3, -0.25) is 9.59 Å². The van der Waals surface area contributed by atoms with Gasteiger partial charge in [-0.05, 0) is 30.7 Å². The maximum Gasteiger partial charge on any atom is 0.307 e. The van der Waals surface area contributed by atoms with Crippen molar-refractivity contribution in [1.29, 1.82) is 0 Å². The van der Waals surface area contributed by atoms with Crippen molar-refractivity contribution in [2.24, 2.45) is 5.73 Å². The largest absolute Gasteiger partial charge is 0.469 e. The molecule has 0 spiro atoms. The summed E-state index contributed by atoms with van der Waals surface area (Å²) >= 11 is 0. The van der Waals surface area contributed by atoms with E-state index >= 15 is 0 Å². The van der Waals surface area contributed by atoms with E-state index in [9.17, 15) is 9.59 Å². The first kappa shape index (κ1) is 15.7. The fourth-order valence-corrected chi connectivity index (χ4v) is 1.57. The lowest BCUT2D eigenvalue weighted by molar-refractivity contribution is -0.140. The van der Waals surface area contributed by atoms with Gasteiger partial charge in [-0.1, -0.05) is 11.8 Å². The number of carbonyl (C=O) groups is 2. The van der Waals surface area contributed by atoms with Crippen LogP contribution in [0, 0.1) is 18.8 Å². The molecule has 0 aliphatic heterocycles. The van der Waals surface area contributed by atoms with Crippen LogP contribution in [-0.4, -0.2) is 32.1 Å². The van der Waals surface area contributed by atoms with Crippen LogP contribution in [0.2, 0.25) is 0 Å². The van der Waals surface area contributed by atoms with Crippen LogP contribution >= 0.6 is 0 Å². The van der Waals surface area contributed by atoms with Crippen LogP contribution in [0.1, 0.15) is 27.9 Å². The van der Waals surface area contributed by atoms with E-state index in [0.29, 0.717) is 12.1 Å². The lowest BCUT2D eigenvalue weighted by atomic mass is 10.0. The van der Waals surface area contributed by atoms with Gasteiger partial charge in [0.15, 0.2) is 0 Å². The van der Waals surface area contributed by atoms with Crippen molar-refractivity contribution in [2.45, 2.75) is 13.3 Å². The van der Waals surface area contributed by atoms with Crippen LogP contribution in [0.3, 0.4) is 0 Å². The first-order valence-electron chi connectivity index (χ1n) is 6.23. The quantitative estimate of drug-likeness (QED) is 0.622. The molecule has 0 atom stereocenters. The molecule has 0 bridgehead atoms. The molecule has 1 rings (SSSR count). The number of nitrogens with one attached hydrogen (secondary N) is 1. The summed E-state index contributed by atoms with van der Waals surface area (Å²) in [5.74, 6) is 5.13. The SMILES string of the molecule is COC(=O)CCNC(=O)c1ccc(C#CCN)c(C)c1. The number of rotatable bonds is 4. The zero-order valence-corrected chi connectivity index (χ0v) is 11.7. The summed E-state index contributed by atoms with van der Waals surface area (Å²) in [4.78, 5) is 22.8. The number of hydrogen-bond donors (Lipinski definition) is 2. The average molecular weight is 274 g/mol. The molecule has 1 aromatic carbocycles. The Morgan fingerprint density at radius 2 is 2.15 bits per heavy atom. The smallest absolute Gasteiger partial charge is 0.307 e. The molecule has 106 valence electrons. The fraction of sp³-hybridized carbons (Fsp3) is 0.333. The number of nitrogens with two attached hydrogens (primary N) is 1. The number of ether oxygens (including phenoxy) is 1. The van der Waals surface area contributed by atoms with Gasteiger partial charge in [0, 0.05) is 17.7 Å². The van der Waals surface area contributed by atoms with Gasteiger partial charge in [-0.15, -0.1) is 0 Å². The molecule has 5 heteroatoms. The molecule has 0 aliphatic carbocycles. The van der Waals surface area contributed by atoms with Crippen molar-refractivity contribution in [2.75, 3.05) is 20.2 Å². The summed E-state index contributed by atoms with van der Waals surface area (Å²) in [5, 5.41) is 2.66. The van der Waals surface area contributed by atoms with Crippen LogP contribution in [0.5, 0.6) is 0 Å². The molecule has 20 heavy (non-hydrogen) atoms. The molecule has 1 amide bonds. The summed E-state index contributed by atoms with van der Waals surface area (Å²) < 4.78 is 4.49. The zero-order valence-electron chi connectivity index (χ0n) is 11.7. The maximum absolute atomic E-state index is 11.9. The number of aryl methyl sites for hydroxylation is 1. The molecule has 3 N–H and O–H groups in total. The van der Waals surface area contributed by atoms with E-state index in [1.165, 1.54) is 7.11 Å². The number of carbonyl (C=O) groups excluding carboxylic acids is 2. The molecule has 0 heterocycles. The number of benzene rings is 1. The van der Waals surface area contributed by atoms with E-state index in [4.69, 9.17) is 5.73 Å². The lowest BCUT2D eigenvalue weighted by Gasteiger charge is -2.06. The van der Waals surface area contributed by atoms with Gasteiger partial charge in [0.25, 0.3) is 5.91 Å². The Bertz CT molecular complexity index is 556. The van der Waals surface area contributed by atoms with Crippen molar-refractivity contribution in [3.63, 3.8) is 0 Å². The molecule has 0 saturated carbocycles. The molecule has 0 saturated heterocycles. The first-order valence-corrected chi connectivity index (χ1v) is 6.23. The molecular formula is C15H18N2O3. The Kier molecular flexibility index (Phi) is 6.27. The van der Waals surface area contributed by atoms with Crippen LogP contribution in [-0.2, 0) is 9.53 Å². The summed E-state index contributed by atoms with van der Waals surface area (Å²) in [7, 11) is 1.31. The minimum absolute atomic E-state index is 0.154. The van der Waals surface area contributed by atoms with Crippen molar-refractivity contribution >= 4 is 11.9 Å². The standard InChI is InChI=1S/C15H18N2O3/c1-11-10-13(6-5-12(11)4-3-8-16)15(19)17-9-7-14(18)20-2/h5-6,10H,7-9,16H2,1-2H3,(H,17,19). The highest BCUT2D eigenvalue weighted by Gasteiger charge is 2.08. The van der Waals surface area contributed by atoms with Gasteiger partial charge in [-0.25, -0.2) is 0 Å². The number of methoxy groups -OCH3 is 1. The monoisotopic (exact) mass is 274 g/mol. The molecule has 0 aliphatic rings. The fourth-order valence-electron chi connectivity index (χ4n) is 1.57. The summed E-state index contributed by atoms with van der Waals surface area (Å²) in [6.07, 6.45) is 0.154. The predicted molar refractivity (Wildman–Crippen MR) is 76.1 cm³/mol. The Labute approximate surface area is 118 Å². The van der Waals surface area contributed by atoms with Crippen LogP contribution in [0.15, 0.2) is 18.2 Å². The van der Waals surface area contributed by atoms with Gasteiger partial charge < -0.3 is 15.8 Å². The Hall–Kier alpha value is -2.32. The van der Waals surface area contributed by atoms with E-state index in [-0.39, 0.29) is 24.8 Å². The van der Waals surface area contributed by atoms with Gasteiger partial charge in [0.1, 0.15) is 0 Å². The Balaban J connectivity index is 2.65. The minimum Gasteiger partial charge on any atom is -0.469 e. The van der Waals surface area contributed by atoms with Crippen LogP contribution in [0.4, 0.5) is 0 Å².